The zero-order chi connectivity index (χ0) is 17.2. The van der Waals surface area contributed by atoms with Crippen LogP contribution in [-0.2, 0) is 11.2 Å². The number of benzene rings is 2. The number of para-hydroxylation sites is 2. The fourth-order valence-corrected chi connectivity index (χ4v) is 2.96. The van der Waals surface area contributed by atoms with Crippen LogP contribution in [0.4, 0.5) is 16.2 Å². The van der Waals surface area contributed by atoms with Crippen LogP contribution < -0.4 is 10.2 Å². The molecule has 4 nitrogen and oxygen atoms in total. The molecule has 126 valence electrons. The molecule has 0 spiro atoms. The fraction of sp³-hybridized carbons (Fsp3) is 0.350. The molecule has 0 aromatic heterocycles. The van der Waals surface area contributed by atoms with Crippen molar-refractivity contribution < 1.29 is 9.53 Å². The third-order valence-electron chi connectivity index (χ3n) is 3.96. The van der Waals surface area contributed by atoms with E-state index in [0.717, 1.165) is 17.8 Å². The number of ether oxygens (including phenoxy) is 1. The molecule has 0 radical (unpaired) electrons. The van der Waals surface area contributed by atoms with E-state index < -0.39 is 5.60 Å². The molecule has 1 unspecified atom stereocenters. The van der Waals surface area contributed by atoms with Gasteiger partial charge in [0.05, 0.1) is 17.4 Å². The van der Waals surface area contributed by atoms with Gasteiger partial charge < -0.3 is 10.1 Å². The second-order valence-corrected chi connectivity index (χ2v) is 7.09. The molecule has 4 heteroatoms. The Kier molecular flexibility index (Phi) is 4.47. The largest absolute Gasteiger partial charge is 0.443 e. The predicted octanol–water partition coefficient (Wildman–Crippen LogP) is 4.46. The second kappa shape index (κ2) is 6.56. The number of carbonyl (C=O) groups excluding carboxylic acids is 1. The van der Waals surface area contributed by atoms with Crippen molar-refractivity contribution in [3.8, 4) is 0 Å². The van der Waals surface area contributed by atoms with E-state index in [1.807, 2.05) is 63.2 Å². The lowest BCUT2D eigenvalue weighted by Crippen LogP contribution is -2.50. The molecule has 0 saturated heterocycles. The molecule has 0 aliphatic carbocycles. The van der Waals surface area contributed by atoms with E-state index in [0.29, 0.717) is 6.54 Å². The van der Waals surface area contributed by atoms with Gasteiger partial charge in [-0.05, 0) is 44.9 Å². The van der Waals surface area contributed by atoms with Crippen molar-refractivity contribution in [2.75, 3.05) is 16.8 Å². The van der Waals surface area contributed by atoms with Crippen LogP contribution in [0, 0.1) is 0 Å². The highest BCUT2D eigenvalue weighted by molar-refractivity contribution is 5.94. The second-order valence-electron chi connectivity index (χ2n) is 7.09. The molecule has 0 bridgehead atoms. The Morgan fingerprint density at radius 1 is 1.12 bits per heavy atom. The lowest BCUT2D eigenvalue weighted by Gasteiger charge is -2.38. The van der Waals surface area contributed by atoms with Crippen molar-refractivity contribution in [2.45, 2.75) is 38.8 Å². The summed E-state index contributed by atoms with van der Waals surface area (Å²) in [5, 5.41) is 3.43. The van der Waals surface area contributed by atoms with Gasteiger partial charge in [-0.2, -0.15) is 0 Å². The van der Waals surface area contributed by atoms with Crippen molar-refractivity contribution in [2.24, 2.45) is 0 Å². The zero-order valence-corrected chi connectivity index (χ0v) is 14.5. The van der Waals surface area contributed by atoms with Crippen LogP contribution in [-0.4, -0.2) is 24.3 Å². The summed E-state index contributed by atoms with van der Waals surface area (Å²) < 4.78 is 5.66. The normalized spacial score (nSPS) is 17.0. The summed E-state index contributed by atoms with van der Waals surface area (Å²) in [6.45, 7) is 6.38. The van der Waals surface area contributed by atoms with Crippen LogP contribution in [0.1, 0.15) is 26.3 Å². The van der Waals surface area contributed by atoms with Crippen LogP contribution in [0.3, 0.4) is 0 Å². The van der Waals surface area contributed by atoms with Crippen LogP contribution in [0.25, 0.3) is 0 Å². The Bertz CT molecular complexity index is 707. The van der Waals surface area contributed by atoms with Crippen molar-refractivity contribution >= 4 is 17.5 Å². The number of anilines is 2. The molecular formula is C20H24N2O2. The topological polar surface area (TPSA) is 41.6 Å². The molecule has 3 rings (SSSR count). The summed E-state index contributed by atoms with van der Waals surface area (Å²) in [4.78, 5) is 14.6. The summed E-state index contributed by atoms with van der Waals surface area (Å²) >= 11 is 0. The van der Waals surface area contributed by atoms with E-state index in [-0.39, 0.29) is 12.1 Å². The molecule has 1 aliphatic rings. The minimum absolute atomic E-state index is 0.0112. The smallest absolute Gasteiger partial charge is 0.415 e. The van der Waals surface area contributed by atoms with Crippen LogP contribution in [0.2, 0.25) is 0 Å². The average Bonchev–Trinajstić information content (AvgIpc) is 2.54. The summed E-state index contributed by atoms with van der Waals surface area (Å²) in [7, 11) is 0. The maximum Gasteiger partial charge on any atom is 0.415 e. The quantitative estimate of drug-likeness (QED) is 0.886. The average molecular weight is 324 g/mol. The molecule has 2 aromatic rings. The highest BCUT2D eigenvalue weighted by Crippen LogP contribution is 2.33. The lowest BCUT2D eigenvalue weighted by atomic mass is 10.0. The Morgan fingerprint density at radius 3 is 2.50 bits per heavy atom. The summed E-state index contributed by atoms with van der Waals surface area (Å²) in [5.41, 5.74) is 2.53. The Hall–Kier alpha value is -2.49. The molecule has 1 aliphatic heterocycles. The van der Waals surface area contributed by atoms with Crippen LogP contribution in [0.5, 0.6) is 0 Å². The van der Waals surface area contributed by atoms with Gasteiger partial charge in [-0.15, -0.1) is 0 Å². The molecule has 1 N–H and O–H groups in total. The van der Waals surface area contributed by atoms with E-state index >= 15 is 0 Å². The minimum atomic E-state index is -0.520. The summed E-state index contributed by atoms with van der Waals surface area (Å²) in [6.07, 6.45) is 0.485. The molecule has 0 saturated carbocycles. The standard InChI is InChI=1S/C20H24N2O2/c1-20(2,3)24-19(23)22-16(13-15-9-5-4-6-10-15)14-21-17-11-7-8-12-18(17)22/h4-12,16,21H,13-14H2,1-3H3. The number of hydrogen-bond acceptors (Lipinski definition) is 3. The fourth-order valence-electron chi connectivity index (χ4n) is 2.96. The molecule has 1 amide bonds. The Morgan fingerprint density at radius 2 is 1.79 bits per heavy atom. The number of carbonyl (C=O) groups is 1. The summed E-state index contributed by atoms with van der Waals surface area (Å²) in [6, 6.07) is 18.1. The molecule has 1 heterocycles. The van der Waals surface area contributed by atoms with Gasteiger partial charge in [-0.25, -0.2) is 4.79 Å². The predicted molar refractivity (Wildman–Crippen MR) is 97.6 cm³/mol. The first-order chi connectivity index (χ1) is 11.4. The first kappa shape index (κ1) is 16.4. The van der Waals surface area contributed by atoms with Gasteiger partial charge in [0.2, 0.25) is 0 Å². The highest BCUT2D eigenvalue weighted by atomic mass is 16.6. The van der Waals surface area contributed by atoms with E-state index in [1.54, 1.807) is 4.90 Å². The highest BCUT2D eigenvalue weighted by Gasteiger charge is 2.33. The van der Waals surface area contributed by atoms with Crippen LogP contribution >= 0.6 is 0 Å². The third kappa shape index (κ3) is 3.70. The van der Waals surface area contributed by atoms with Gasteiger partial charge in [0.1, 0.15) is 5.60 Å². The van der Waals surface area contributed by atoms with E-state index in [9.17, 15) is 4.79 Å². The number of hydrogen-bond donors (Lipinski definition) is 1. The molecular weight excluding hydrogens is 300 g/mol. The molecule has 2 aromatic carbocycles. The molecule has 24 heavy (non-hydrogen) atoms. The van der Waals surface area contributed by atoms with Gasteiger partial charge in [-0.3, -0.25) is 4.90 Å². The zero-order valence-electron chi connectivity index (χ0n) is 14.5. The van der Waals surface area contributed by atoms with Crippen molar-refractivity contribution in [3.05, 3.63) is 60.2 Å². The van der Waals surface area contributed by atoms with Gasteiger partial charge in [0, 0.05) is 6.54 Å². The van der Waals surface area contributed by atoms with Gasteiger partial charge in [0.25, 0.3) is 0 Å². The van der Waals surface area contributed by atoms with Gasteiger partial charge >= 0.3 is 6.09 Å². The van der Waals surface area contributed by atoms with Crippen molar-refractivity contribution in [1.29, 1.82) is 0 Å². The van der Waals surface area contributed by atoms with Crippen LogP contribution in [0.15, 0.2) is 54.6 Å². The molecule has 1 atom stereocenters. The van der Waals surface area contributed by atoms with Gasteiger partial charge in [-0.1, -0.05) is 42.5 Å². The lowest BCUT2D eigenvalue weighted by molar-refractivity contribution is 0.0565. The number of rotatable bonds is 2. The Labute approximate surface area is 143 Å². The Balaban J connectivity index is 1.91. The maximum atomic E-state index is 12.9. The number of fused-ring (bicyclic) bond motifs is 1. The van der Waals surface area contributed by atoms with E-state index in [4.69, 9.17) is 4.74 Å². The number of nitrogens with zero attached hydrogens (tertiary/aromatic N) is 1. The van der Waals surface area contributed by atoms with Gasteiger partial charge in [0.15, 0.2) is 0 Å². The number of nitrogens with one attached hydrogen (secondary N) is 1. The first-order valence-corrected chi connectivity index (χ1v) is 8.33. The maximum absolute atomic E-state index is 12.9. The van der Waals surface area contributed by atoms with E-state index in [2.05, 4.69) is 17.4 Å². The van der Waals surface area contributed by atoms with Crippen molar-refractivity contribution in [1.82, 2.24) is 0 Å². The monoisotopic (exact) mass is 324 g/mol. The molecule has 0 fully saturated rings. The SMILES string of the molecule is CC(C)(C)OC(=O)N1c2ccccc2NCC1Cc1ccccc1. The van der Waals surface area contributed by atoms with Crippen molar-refractivity contribution in [3.63, 3.8) is 0 Å². The third-order valence-corrected chi connectivity index (χ3v) is 3.96. The summed E-state index contributed by atoms with van der Waals surface area (Å²) in [5.74, 6) is 0. The first-order valence-electron chi connectivity index (χ1n) is 8.33. The van der Waals surface area contributed by atoms with E-state index in [1.165, 1.54) is 5.56 Å². The minimum Gasteiger partial charge on any atom is -0.443 e. The number of amides is 1.